The SMILES string of the molecule is C=C(/C=C\C(=C/C)n1c2ccccc2c2c(Cc3cccc(N(c4ccc(-c5ccccc5)cc4)c4ccc(-c5cccc6ccccc56)cc4)c3)cccc21)c1ccccc1. The number of fused-ring (bicyclic) bond motifs is 4. The highest BCUT2D eigenvalue weighted by Crippen LogP contribution is 2.40. The number of anilines is 3. The minimum absolute atomic E-state index is 0.784. The Morgan fingerprint density at radius 3 is 1.85 bits per heavy atom. The molecule has 10 rings (SSSR count). The van der Waals surface area contributed by atoms with Crippen LogP contribution >= 0.6 is 0 Å². The molecule has 2 nitrogen and oxygen atoms in total. The van der Waals surface area contributed by atoms with Crippen LogP contribution in [0.3, 0.4) is 0 Å². The van der Waals surface area contributed by atoms with Gasteiger partial charge >= 0.3 is 0 Å². The monoisotopic (exact) mass is 794 g/mol. The van der Waals surface area contributed by atoms with Gasteiger partial charge in [0.2, 0.25) is 0 Å². The largest absolute Gasteiger partial charge is 0.310 e. The van der Waals surface area contributed by atoms with Gasteiger partial charge in [0, 0.05) is 33.5 Å². The van der Waals surface area contributed by atoms with Gasteiger partial charge < -0.3 is 9.47 Å². The van der Waals surface area contributed by atoms with Crippen molar-refractivity contribution >= 4 is 60.9 Å². The standard InChI is InChI=1S/C60H46N2/c1-3-51(36-31-43(2)45-18-6-4-7-19-45)62-58-29-13-12-27-57(58)60-50(24-16-30-59(60)62)41-44-17-14-25-54(42-44)61(52-37-32-47(33-38-52)46-20-8-5-9-21-46)53-39-34-49(35-40-53)56-28-15-23-48-22-10-11-26-55(48)56/h3-40,42H,2,41H2,1H3/b36-31-,51-3+. The Bertz CT molecular complexity index is 3250. The number of rotatable bonds is 11. The van der Waals surface area contributed by atoms with E-state index in [0.717, 1.165) is 40.3 Å². The van der Waals surface area contributed by atoms with Crippen molar-refractivity contribution in [2.24, 2.45) is 0 Å². The summed E-state index contributed by atoms with van der Waals surface area (Å²) in [5.74, 6) is 0. The van der Waals surface area contributed by atoms with Gasteiger partial charge in [-0.05, 0) is 123 Å². The van der Waals surface area contributed by atoms with Crippen LogP contribution in [0.25, 0.3) is 66.1 Å². The zero-order chi connectivity index (χ0) is 41.8. The summed E-state index contributed by atoms with van der Waals surface area (Å²) in [4.78, 5) is 2.38. The van der Waals surface area contributed by atoms with E-state index in [-0.39, 0.29) is 0 Å². The highest BCUT2D eigenvalue weighted by molar-refractivity contribution is 6.12. The lowest BCUT2D eigenvalue weighted by atomic mass is 9.97. The molecule has 0 radical (unpaired) electrons. The Balaban J connectivity index is 1.03. The first-order valence-electron chi connectivity index (χ1n) is 21.4. The minimum Gasteiger partial charge on any atom is -0.310 e. The van der Waals surface area contributed by atoms with E-state index < -0.39 is 0 Å². The normalized spacial score (nSPS) is 11.8. The number of hydrogen-bond donors (Lipinski definition) is 0. The van der Waals surface area contributed by atoms with Gasteiger partial charge in [-0.25, -0.2) is 0 Å². The van der Waals surface area contributed by atoms with E-state index >= 15 is 0 Å². The second-order valence-electron chi connectivity index (χ2n) is 15.8. The summed E-state index contributed by atoms with van der Waals surface area (Å²) >= 11 is 0. The van der Waals surface area contributed by atoms with Crippen LogP contribution < -0.4 is 4.90 Å². The molecule has 0 fully saturated rings. The fourth-order valence-electron chi connectivity index (χ4n) is 8.93. The van der Waals surface area contributed by atoms with E-state index in [1.807, 2.05) is 6.07 Å². The lowest BCUT2D eigenvalue weighted by molar-refractivity contribution is 1.19. The molecule has 0 aliphatic carbocycles. The van der Waals surface area contributed by atoms with E-state index in [1.165, 1.54) is 66.0 Å². The third kappa shape index (κ3) is 7.44. The Hall–Kier alpha value is -7.94. The quantitative estimate of drug-likeness (QED) is 0.118. The van der Waals surface area contributed by atoms with Gasteiger partial charge in [0.05, 0.1) is 11.0 Å². The van der Waals surface area contributed by atoms with E-state index in [0.29, 0.717) is 0 Å². The second-order valence-corrected chi connectivity index (χ2v) is 15.8. The van der Waals surface area contributed by atoms with Crippen molar-refractivity contribution in [3.8, 4) is 22.3 Å². The third-order valence-electron chi connectivity index (χ3n) is 12.0. The molecule has 0 amide bonds. The molecule has 0 aliphatic heterocycles. The Morgan fingerprint density at radius 1 is 0.500 bits per heavy atom. The number of aromatic nitrogens is 1. The fraction of sp³-hybridized carbons (Fsp3) is 0.0333. The number of para-hydroxylation sites is 1. The van der Waals surface area contributed by atoms with Gasteiger partial charge in [0.25, 0.3) is 0 Å². The highest BCUT2D eigenvalue weighted by Gasteiger charge is 2.18. The zero-order valence-corrected chi connectivity index (χ0v) is 34.8. The molecule has 0 saturated heterocycles. The van der Waals surface area contributed by atoms with Crippen molar-refractivity contribution in [2.45, 2.75) is 13.3 Å². The maximum absolute atomic E-state index is 4.37. The number of nitrogens with zero attached hydrogens (tertiary/aromatic N) is 2. The van der Waals surface area contributed by atoms with Crippen LogP contribution in [0.15, 0.2) is 243 Å². The van der Waals surface area contributed by atoms with E-state index in [2.05, 4.69) is 254 Å². The number of allylic oxidation sites excluding steroid dienone is 5. The molecule has 9 aromatic carbocycles. The molecule has 0 unspecified atom stereocenters. The zero-order valence-electron chi connectivity index (χ0n) is 34.8. The Morgan fingerprint density at radius 2 is 1.10 bits per heavy atom. The molecule has 0 aliphatic rings. The van der Waals surface area contributed by atoms with Crippen LogP contribution in [0, 0.1) is 0 Å². The van der Waals surface area contributed by atoms with E-state index in [9.17, 15) is 0 Å². The van der Waals surface area contributed by atoms with Gasteiger partial charge in [-0.1, -0.05) is 189 Å². The molecule has 0 N–H and O–H groups in total. The maximum atomic E-state index is 4.37. The molecule has 1 aromatic heterocycles. The van der Waals surface area contributed by atoms with Crippen LogP contribution in [-0.4, -0.2) is 4.57 Å². The van der Waals surface area contributed by atoms with Gasteiger partial charge in [-0.2, -0.15) is 0 Å². The molecular weight excluding hydrogens is 749 g/mol. The molecule has 296 valence electrons. The van der Waals surface area contributed by atoms with Crippen LogP contribution in [0.5, 0.6) is 0 Å². The van der Waals surface area contributed by atoms with Gasteiger partial charge in [0.15, 0.2) is 0 Å². The molecule has 1 heterocycles. The van der Waals surface area contributed by atoms with Crippen LogP contribution in [0.1, 0.15) is 23.6 Å². The predicted octanol–water partition coefficient (Wildman–Crippen LogP) is 16.5. The van der Waals surface area contributed by atoms with Gasteiger partial charge in [-0.3, -0.25) is 0 Å². The van der Waals surface area contributed by atoms with Crippen LogP contribution in [0.4, 0.5) is 17.1 Å². The van der Waals surface area contributed by atoms with Crippen LogP contribution in [0.2, 0.25) is 0 Å². The van der Waals surface area contributed by atoms with Gasteiger partial charge in [0.1, 0.15) is 0 Å². The summed E-state index contributed by atoms with van der Waals surface area (Å²) in [6, 6.07) is 78.7. The van der Waals surface area contributed by atoms with Crippen molar-refractivity contribution in [2.75, 3.05) is 4.90 Å². The smallest absolute Gasteiger partial charge is 0.0543 e. The van der Waals surface area contributed by atoms with E-state index in [4.69, 9.17) is 0 Å². The molecule has 2 heteroatoms. The summed E-state index contributed by atoms with van der Waals surface area (Å²) in [5, 5.41) is 5.03. The Labute approximate surface area is 364 Å². The predicted molar refractivity (Wildman–Crippen MR) is 266 cm³/mol. The third-order valence-corrected chi connectivity index (χ3v) is 12.0. The Kier molecular flexibility index (Phi) is 10.5. The first-order valence-corrected chi connectivity index (χ1v) is 21.4. The minimum atomic E-state index is 0.784. The second kappa shape index (κ2) is 17.0. The number of hydrogen-bond acceptors (Lipinski definition) is 1. The highest BCUT2D eigenvalue weighted by atomic mass is 15.1. The van der Waals surface area contributed by atoms with Crippen molar-refractivity contribution in [3.63, 3.8) is 0 Å². The first-order chi connectivity index (χ1) is 30.6. The molecule has 0 bridgehead atoms. The summed E-state index contributed by atoms with van der Waals surface area (Å²) in [6.45, 7) is 6.48. The lowest BCUT2D eigenvalue weighted by Gasteiger charge is -2.26. The average molecular weight is 795 g/mol. The lowest BCUT2D eigenvalue weighted by Crippen LogP contribution is -2.10. The molecular formula is C60H46N2. The topological polar surface area (TPSA) is 8.17 Å². The molecule has 0 atom stereocenters. The molecule has 0 saturated carbocycles. The maximum Gasteiger partial charge on any atom is 0.0543 e. The first kappa shape index (κ1) is 38.3. The number of benzene rings is 9. The average Bonchev–Trinajstić information content (AvgIpc) is 3.68. The van der Waals surface area contributed by atoms with Crippen LogP contribution in [-0.2, 0) is 6.42 Å². The van der Waals surface area contributed by atoms with Crippen molar-refractivity contribution in [1.29, 1.82) is 0 Å². The summed E-state index contributed by atoms with van der Waals surface area (Å²) < 4.78 is 2.39. The molecule has 0 spiro atoms. The van der Waals surface area contributed by atoms with E-state index in [1.54, 1.807) is 0 Å². The molecule has 10 aromatic rings. The fourth-order valence-corrected chi connectivity index (χ4v) is 8.93. The van der Waals surface area contributed by atoms with Crippen molar-refractivity contribution in [1.82, 2.24) is 4.57 Å². The van der Waals surface area contributed by atoms with Crippen molar-refractivity contribution < 1.29 is 0 Å². The molecule has 62 heavy (non-hydrogen) atoms. The van der Waals surface area contributed by atoms with Crippen molar-refractivity contribution in [3.05, 3.63) is 260 Å². The summed E-state index contributed by atoms with van der Waals surface area (Å²) in [5.41, 5.74) is 16.3. The van der Waals surface area contributed by atoms with Gasteiger partial charge in [-0.15, -0.1) is 0 Å². The summed E-state index contributed by atoms with van der Waals surface area (Å²) in [6.07, 6.45) is 7.28. The summed E-state index contributed by atoms with van der Waals surface area (Å²) in [7, 11) is 0.